The van der Waals surface area contributed by atoms with Crippen LogP contribution in [-0.2, 0) is 6.54 Å². The van der Waals surface area contributed by atoms with Crippen molar-refractivity contribution in [2.45, 2.75) is 26.8 Å². The maximum atomic E-state index is 12.4. The van der Waals surface area contributed by atoms with Crippen LogP contribution in [0.2, 0.25) is 5.15 Å². The van der Waals surface area contributed by atoms with Gasteiger partial charge in [-0.25, -0.2) is 23.4 Å². The topological polar surface area (TPSA) is 55.6 Å². The highest BCUT2D eigenvalue weighted by Gasteiger charge is 2.13. The molecule has 1 N–H and O–H groups in total. The molecule has 0 saturated heterocycles. The van der Waals surface area contributed by atoms with E-state index in [1.165, 1.54) is 6.20 Å². The van der Waals surface area contributed by atoms with Gasteiger partial charge in [-0.15, -0.1) is 0 Å². The van der Waals surface area contributed by atoms with E-state index in [0.29, 0.717) is 11.6 Å². The van der Waals surface area contributed by atoms with Gasteiger partial charge in [-0.05, 0) is 37.1 Å². The Kier molecular flexibility index (Phi) is 4.12. The summed E-state index contributed by atoms with van der Waals surface area (Å²) in [5, 5.41) is 7.76. The van der Waals surface area contributed by atoms with Gasteiger partial charge < -0.3 is 5.32 Å². The smallest absolute Gasteiger partial charge is 0.257 e. The number of halogens is 3. The summed E-state index contributed by atoms with van der Waals surface area (Å²) in [5.74, 6) is 0.333. The number of hydrogen-bond acceptors (Lipinski definition) is 4. The molecule has 0 fully saturated rings. The summed E-state index contributed by atoms with van der Waals surface area (Å²) in [4.78, 5) is 8.64. The Morgan fingerprint density at radius 2 is 1.96 bits per heavy atom. The highest BCUT2D eigenvalue weighted by Crippen LogP contribution is 2.25. The first-order valence-corrected chi connectivity index (χ1v) is 7.32. The molecule has 0 atom stereocenters. The Labute approximate surface area is 136 Å². The Morgan fingerprint density at radius 1 is 1.22 bits per heavy atom. The van der Waals surface area contributed by atoms with Crippen molar-refractivity contribution in [2.75, 3.05) is 5.32 Å². The third-order valence-corrected chi connectivity index (χ3v) is 3.93. The molecule has 0 aliphatic carbocycles. The second-order valence-corrected chi connectivity index (χ2v) is 5.59. The molecule has 0 spiro atoms. The average molecular weight is 338 g/mol. The Bertz CT molecular complexity index is 862. The Balaban J connectivity index is 1.90. The predicted octanol–water partition coefficient (Wildman–Crippen LogP) is 4.11. The quantitative estimate of drug-likeness (QED) is 0.778. The summed E-state index contributed by atoms with van der Waals surface area (Å²) < 4.78 is 25.9. The predicted molar refractivity (Wildman–Crippen MR) is 85.5 cm³/mol. The molecular weight excluding hydrogens is 324 g/mol. The maximum absolute atomic E-state index is 12.4. The van der Waals surface area contributed by atoms with Gasteiger partial charge in [0.15, 0.2) is 5.15 Å². The molecule has 8 heteroatoms. The van der Waals surface area contributed by atoms with Gasteiger partial charge in [0.05, 0.1) is 17.4 Å². The van der Waals surface area contributed by atoms with Gasteiger partial charge in [-0.3, -0.25) is 0 Å². The van der Waals surface area contributed by atoms with E-state index in [-0.39, 0.29) is 5.15 Å². The van der Waals surface area contributed by atoms with Crippen molar-refractivity contribution in [3.63, 3.8) is 0 Å². The fourth-order valence-electron chi connectivity index (χ4n) is 2.19. The maximum Gasteiger partial charge on any atom is 0.257 e. The monoisotopic (exact) mass is 337 g/mol. The van der Waals surface area contributed by atoms with E-state index in [2.05, 4.69) is 20.4 Å². The van der Waals surface area contributed by atoms with Gasteiger partial charge in [0.2, 0.25) is 5.95 Å². The molecule has 2 heterocycles. The highest BCUT2D eigenvalue weighted by molar-refractivity contribution is 6.32. The summed E-state index contributed by atoms with van der Waals surface area (Å²) in [7, 11) is 0. The third kappa shape index (κ3) is 3.24. The van der Waals surface area contributed by atoms with E-state index < -0.39 is 13.0 Å². The number of nitrogens with zero attached hydrogens (tertiary/aromatic N) is 4. The molecule has 3 rings (SSSR count). The first kappa shape index (κ1) is 15.6. The van der Waals surface area contributed by atoms with Crippen molar-refractivity contribution in [1.29, 1.82) is 0 Å². The summed E-state index contributed by atoms with van der Waals surface area (Å²) in [6.45, 7) is 3.48. The van der Waals surface area contributed by atoms with Crippen LogP contribution in [0.5, 0.6) is 0 Å². The Morgan fingerprint density at radius 3 is 2.70 bits per heavy atom. The lowest BCUT2D eigenvalue weighted by molar-refractivity contribution is 0.122. The van der Waals surface area contributed by atoms with Crippen LogP contribution in [0.25, 0.3) is 10.9 Å². The van der Waals surface area contributed by atoms with Crippen LogP contribution >= 0.6 is 11.6 Å². The summed E-state index contributed by atoms with van der Waals surface area (Å²) >= 11 is 6.03. The van der Waals surface area contributed by atoms with Crippen LogP contribution in [0.4, 0.5) is 20.4 Å². The zero-order chi connectivity index (χ0) is 16.6. The molecule has 0 saturated carbocycles. The number of benzene rings is 1. The van der Waals surface area contributed by atoms with E-state index >= 15 is 0 Å². The number of aromatic nitrogens is 4. The van der Waals surface area contributed by atoms with Crippen molar-refractivity contribution in [3.8, 4) is 0 Å². The minimum atomic E-state index is -2.52. The van der Waals surface area contributed by atoms with E-state index in [1.54, 1.807) is 6.20 Å². The van der Waals surface area contributed by atoms with Crippen molar-refractivity contribution in [1.82, 2.24) is 19.7 Å². The van der Waals surface area contributed by atoms with Crippen molar-refractivity contribution in [2.24, 2.45) is 0 Å². The molecule has 0 unspecified atom stereocenters. The molecule has 0 aliphatic rings. The number of anilines is 2. The van der Waals surface area contributed by atoms with Gasteiger partial charge in [0.1, 0.15) is 6.54 Å². The Hall–Kier alpha value is -2.28. The fourth-order valence-corrected chi connectivity index (χ4v) is 2.40. The molecule has 0 bridgehead atoms. The second kappa shape index (κ2) is 6.08. The largest absolute Gasteiger partial charge is 0.320 e. The molecule has 120 valence electrons. The molecule has 0 aliphatic heterocycles. The number of nitrogens with one attached hydrogen (secondary N) is 1. The molecule has 5 nitrogen and oxygen atoms in total. The zero-order valence-electron chi connectivity index (χ0n) is 12.5. The lowest BCUT2D eigenvalue weighted by Crippen LogP contribution is -2.08. The normalized spacial score (nSPS) is 11.4. The fraction of sp³-hybridized carbons (Fsp3) is 0.267. The second-order valence-electron chi connectivity index (χ2n) is 5.24. The summed E-state index contributed by atoms with van der Waals surface area (Å²) in [6.07, 6.45) is 0.552. The summed E-state index contributed by atoms with van der Waals surface area (Å²) in [6, 6.07) is 3.99. The first-order chi connectivity index (χ1) is 10.9. The molecule has 1 aromatic carbocycles. The van der Waals surface area contributed by atoms with Crippen molar-refractivity contribution >= 4 is 34.1 Å². The lowest BCUT2D eigenvalue weighted by Gasteiger charge is -2.07. The zero-order valence-corrected chi connectivity index (χ0v) is 13.3. The first-order valence-electron chi connectivity index (χ1n) is 6.94. The summed E-state index contributed by atoms with van der Waals surface area (Å²) in [5.41, 5.74) is 3.47. The van der Waals surface area contributed by atoms with Crippen molar-refractivity contribution < 1.29 is 8.78 Å². The standard InChI is InChI=1S/C15H14ClF2N5/c1-8-3-10-5-19-15(21-11(10)4-9(8)2)22-12-6-20-23(14(12)16)7-13(17)18/h3-6,13H,7H2,1-2H3,(H,19,21,22). The van der Waals surface area contributed by atoms with Gasteiger partial charge in [-0.1, -0.05) is 11.6 Å². The molecule has 0 radical (unpaired) electrons. The van der Waals surface area contributed by atoms with E-state index in [9.17, 15) is 8.78 Å². The minimum absolute atomic E-state index is 0.0917. The van der Waals surface area contributed by atoms with E-state index in [1.807, 2.05) is 26.0 Å². The minimum Gasteiger partial charge on any atom is -0.320 e. The molecule has 23 heavy (non-hydrogen) atoms. The van der Waals surface area contributed by atoms with Crippen LogP contribution in [0.15, 0.2) is 24.5 Å². The van der Waals surface area contributed by atoms with Crippen LogP contribution in [0.3, 0.4) is 0 Å². The molecule has 3 aromatic rings. The molecule has 0 amide bonds. The SMILES string of the molecule is Cc1cc2cnc(Nc3cnn(CC(F)F)c3Cl)nc2cc1C. The van der Waals surface area contributed by atoms with Crippen LogP contribution in [-0.4, -0.2) is 26.2 Å². The van der Waals surface area contributed by atoms with Gasteiger partial charge in [0.25, 0.3) is 6.43 Å². The van der Waals surface area contributed by atoms with E-state index in [0.717, 1.165) is 26.7 Å². The number of rotatable bonds is 4. The number of alkyl halides is 2. The average Bonchev–Trinajstić information content (AvgIpc) is 2.81. The van der Waals surface area contributed by atoms with Gasteiger partial charge >= 0.3 is 0 Å². The van der Waals surface area contributed by atoms with Crippen molar-refractivity contribution in [3.05, 3.63) is 40.8 Å². The highest BCUT2D eigenvalue weighted by atomic mass is 35.5. The van der Waals surface area contributed by atoms with Crippen LogP contribution in [0, 0.1) is 13.8 Å². The molecular formula is C15H14ClF2N5. The lowest BCUT2D eigenvalue weighted by atomic mass is 10.1. The van der Waals surface area contributed by atoms with Gasteiger partial charge in [-0.2, -0.15) is 5.10 Å². The van der Waals surface area contributed by atoms with Crippen LogP contribution < -0.4 is 5.32 Å². The third-order valence-electron chi connectivity index (χ3n) is 3.53. The van der Waals surface area contributed by atoms with Gasteiger partial charge in [0, 0.05) is 11.6 Å². The number of fused-ring (bicyclic) bond motifs is 1. The van der Waals surface area contributed by atoms with Crippen LogP contribution in [0.1, 0.15) is 11.1 Å². The van der Waals surface area contributed by atoms with E-state index in [4.69, 9.17) is 11.6 Å². The molecule has 2 aromatic heterocycles. The number of aryl methyl sites for hydroxylation is 2. The number of hydrogen-bond donors (Lipinski definition) is 1.